The van der Waals surface area contributed by atoms with Crippen LogP contribution in [0.1, 0.15) is 53.4 Å². The third kappa shape index (κ3) is 4.26. The molecule has 1 saturated carbocycles. The summed E-state index contributed by atoms with van der Waals surface area (Å²) in [7, 11) is 0. The van der Waals surface area contributed by atoms with Gasteiger partial charge >= 0.3 is 0 Å². The molecule has 0 radical (unpaired) electrons. The lowest BCUT2D eigenvalue weighted by molar-refractivity contribution is -0.146. The van der Waals surface area contributed by atoms with Gasteiger partial charge in [-0.1, -0.05) is 13.8 Å². The first-order chi connectivity index (χ1) is 12.4. The van der Waals surface area contributed by atoms with E-state index in [1.807, 2.05) is 4.90 Å². The van der Waals surface area contributed by atoms with Gasteiger partial charge in [0.1, 0.15) is 0 Å². The lowest BCUT2D eigenvalue weighted by Gasteiger charge is -2.49. The molecule has 0 unspecified atom stereocenters. The largest absolute Gasteiger partial charge is 0.395 e. The van der Waals surface area contributed by atoms with E-state index in [1.54, 1.807) is 0 Å². The standard InChI is InChI=1S/C21H39N3O2/c1-15(2)17-5-7-19(8-6-17)24-10-9-22(13-20(24)14-25)21(26)18-11-23(12-18)16(3)4/h15-20,25H,5-14H2,1-4H3/t17?,19?,20-/m1/s1. The van der Waals surface area contributed by atoms with Crippen LogP contribution < -0.4 is 0 Å². The van der Waals surface area contributed by atoms with Gasteiger partial charge in [0.05, 0.1) is 18.6 Å². The Balaban J connectivity index is 1.50. The van der Waals surface area contributed by atoms with Crippen molar-refractivity contribution in [2.75, 3.05) is 39.3 Å². The fourth-order valence-electron chi connectivity index (χ4n) is 5.16. The van der Waals surface area contributed by atoms with Crippen molar-refractivity contribution in [3.8, 4) is 0 Å². The van der Waals surface area contributed by atoms with E-state index < -0.39 is 0 Å². The van der Waals surface area contributed by atoms with Crippen molar-refractivity contribution >= 4 is 5.91 Å². The third-order valence-corrected chi connectivity index (χ3v) is 7.19. The zero-order valence-electron chi connectivity index (χ0n) is 17.2. The van der Waals surface area contributed by atoms with E-state index in [-0.39, 0.29) is 18.6 Å². The maximum Gasteiger partial charge on any atom is 0.228 e. The van der Waals surface area contributed by atoms with E-state index in [2.05, 4.69) is 37.5 Å². The van der Waals surface area contributed by atoms with Gasteiger partial charge in [-0.2, -0.15) is 0 Å². The number of carbonyl (C=O) groups is 1. The maximum absolute atomic E-state index is 12.8. The van der Waals surface area contributed by atoms with Gasteiger partial charge in [-0.25, -0.2) is 0 Å². The molecule has 1 amide bonds. The maximum atomic E-state index is 12.8. The second-order valence-electron chi connectivity index (χ2n) is 9.42. The van der Waals surface area contributed by atoms with Gasteiger partial charge in [-0.15, -0.1) is 0 Å². The Kier molecular flexibility index (Phi) is 6.63. The highest BCUT2D eigenvalue weighted by atomic mass is 16.3. The van der Waals surface area contributed by atoms with Crippen LogP contribution in [-0.4, -0.2) is 83.2 Å². The average Bonchev–Trinajstić information content (AvgIpc) is 2.59. The number of amides is 1. The van der Waals surface area contributed by atoms with Crippen molar-refractivity contribution in [3.05, 3.63) is 0 Å². The molecule has 150 valence electrons. The predicted octanol–water partition coefficient (Wildman–Crippen LogP) is 2.05. The van der Waals surface area contributed by atoms with Crippen LogP contribution in [0, 0.1) is 17.8 Å². The van der Waals surface area contributed by atoms with E-state index in [0.717, 1.165) is 38.0 Å². The minimum absolute atomic E-state index is 0.120. The number of aliphatic hydroxyl groups excluding tert-OH is 1. The summed E-state index contributed by atoms with van der Waals surface area (Å²) in [5.41, 5.74) is 0. The smallest absolute Gasteiger partial charge is 0.228 e. The van der Waals surface area contributed by atoms with Crippen LogP contribution in [0.25, 0.3) is 0 Å². The molecule has 5 heteroatoms. The number of hydrogen-bond donors (Lipinski definition) is 1. The highest BCUT2D eigenvalue weighted by molar-refractivity contribution is 5.80. The van der Waals surface area contributed by atoms with Crippen molar-refractivity contribution in [1.82, 2.24) is 14.7 Å². The zero-order chi connectivity index (χ0) is 18.8. The molecule has 3 rings (SSSR count). The van der Waals surface area contributed by atoms with E-state index in [9.17, 15) is 9.90 Å². The summed E-state index contributed by atoms with van der Waals surface area (Å²) >= 11 is 0. The summed E-state index contributed by atoms with van der Waals surface area (Å²) in [6.07, 6.45) is 5.12. The van der Waals surface area contributed by atoms with E-state index in [4.69, 9.17) is 0 Å². The Morgan fingerprint density at radius 3 is 2.19 bits per heavy atom. The minimum atomic E-state index is 0.120. The van der Waals surface area contributed by atoms with Crippen LogP contribution in [0.2, 0.25) is 0 Å². The van der Waals surface area contributed by atoms with Crippen molar-refractivity contribution in [3.63, 3.8) is 0 Å². The fourth-order valence-corrected chi connectivity index (χ4v) is 5.16. The number of nitrogens with zero attached hydrogens (tertiary/aromatic N) is 3. The Morgan fingerprint density at radius 2 is 1.65 bits per heavy atom. The molecule has 2 saturated heterocycles. The number of hydrogen-bond acceptors (Lipinski definition) is 4. The molecule has 2 heterocycles. The molecular weight excluding hydrogens is 326 g/mol. The lowest BCUT2D eigenvalue weighted by atomic mass is 9.79. The highest BCUT2D eigenvalue weighted by Crippen LogP contribution is 2.34. The first kappa shape index (κ1) is 20.1. The molecule has 0 aromatic carbocycles. The number of aliphatic hydroxyl groups is 1. The van der Waals surface area contributed by atoms with Crippen LogP contribution in [0.3, 0.4) is 0 Å². The summed E-state index contributed by atoms with van der Waals surface area (Å²) < 4.78 is 0. The van der Waals surface area contributed by atoms with Gasteiger partial charge in [0.15, 0.2) is 0 Å². The van der Waals surface area contributed by atoms with Crippen LogP contribution in [-0.2, 0) is 4.79 Å². The molecule has 0 aromatic rings. The van der Waals surface area contributed by atoms with Crippen molar-refractivity contribution in [2.45, 2.75) is 71.5 Å². The number of piperazine rings is 1. The summed E-state index contributed by atoms with van der Waals surface area (Å²) in [5.74, 6) is 2.13. The number of rotatable bonds is 5. The molecule has 1 N–H and O–H groups in total. The summed E-state index contributed by atoms with van der Waals surface area (Å²) in [6, 6.07) is 1.25. The summed E-state index contributed by atoms with van der Waals surface area (Å²) in [5, 5.41) is 9.97. The highest BCUT2D eigenvalue weighted by Gasteiger charge is 2.40. The Morgan fingerprint density at radius 1 is 1.00 bits per heavy atom. The Bertz CT molecular complexity index is 468. The van der Waals surface area contributed by atoms with Gasteiger partial charge in [0.2, 0.25) is 5.91 Å². The van der Waals surface area contributed by atoms with Crippen LogP contribution in [0.5, 0.6) is 0 Å². The molecular formula is C21H39N3O2. The van der Waals surface area contributed by atoms with Gasteiger partial charge in [0, 0.05) is 44.8 Å². The first-order valence-corrected chi connectivity index (χ1v) is 10.8. The number of carbonyl (C=O) groups excluding carboxylic acids is 1. The molecule has 0 spiro atoms. The molecule has 5 nitrogen and oxygen atoms in total. The van der Waals surface area contributed by atoms with E-state index >= 15 is 0 Å². The molecule has 0 aromatic heterocycles. The van der Waals surface area contributed by atoms with Crippen molar-refractivity contribution in [1.29, 1.82) is 0 Å². The van der Waals surface area contributed by atoms with Crippen molar-refractivity contribution < 1.29 is 9.90 Å². The molecule has 3 aliphatic rings. The van der Waals surface area contributed by atoms with Gasteiger partial charge in [-0.05, 0) is 51.4 Å². The minimum Gasteiger partial charge on any atom is -0.395 e. The average molecular weight is 366 g/mol. The molecule has 26 heavy (non-hydrogen) atoms. The predicted molar refractivity (Wildman–Crippen MR) is 105 cm³/mol. The topological polar surface area (TPSA) is 47.0 Å². The molecule has 2 aliphatic heterocycles. The van der Waals surface area contributed by atoms with Crippen LogP contribution >= 0.6 is 0 Å². The molecule has 1 atom stereocenters. The van der Waals surface area contributed by atoms with Gasteiger partial charge < -0.3 is 10.0 Å². The van der Waals surface area contributed by atoms with E-state index in [0.29, 0.717) is 24.5 Å². The zero-order valence-corrected chi connectivity index (χ0v) is 17.2. The summed E-state index contributed by atoms with van der Waals surface area (Å²) in [6.45, 7) is 13.5. The first-order valence-electron chi connectivity index (χ1n) is 10.8. The number of likely N-dealkylation sites (tertiary alicyclic amines) is 1. The second-order valence-corrected chi connectivity index (χ2v) is 9.42. The molecule has 0 bridgehead atoms. The fraction of sp³-hybridized carbons (Fsp3) is 0.952. The van der Waals surface area contributed by atoms with Gasteiger partial charge in [0.25, 0.3) is 0 Å². The van der Waals surface area contributed by atoms with Crippen LogP contribution in [0.4, 0.5) is 0 Å². The third-order valence-electron chi connectivity index (χ3n) is 7.19. The van der Waals surface area contributed by atoms with Crippen molar-refractivity contribution in [2.24, 2.45) is 17.8 Å². The lowest BCUT2D eigenvalue weighted by Crippen LogP contribution is -2.63. The summed E-state index contributed by atoms with van der Waals surface area (Å²) in [4.78, 5) is 19.7. The monoisotopic (exact) mass is 365 g/mol. The SMILES string of the molecule is CC(C)C1CCC(N2CCN(C(=O)C3CN(C(C)C)C3)C[C@@H]2CO)CC1. The molecule has 3 fully saturated rings. The van der Waals surface area contributed by atoms with Gasteiger partial charge in [-0.3, -0.25) is 14.6 Å². The Labute approximate surface area is 159 Å². The Hall–Kier alpha value is -0.650. The quantitative estimate of drug-likeness (QED) is 0.810. The van der Waals surface area contributed by atoms with Crippen LogP contribution in [0.15, 0.2) is 0 Å². The van der Waals surface area contributed by atoms with E-state index in [1.165, 1.54) is 25.7 Å². The normalized spacial score (nSPS) is 32.3. The second kappa shape index (κ2) is 8.57. The molecule has 1 aliphatic carbocycles.